The Morgan fingerprint density at radius 3 is 1.88 bits per heavy atom. The minimum Gasteiger partial charge on any atom is -0.396 e. The van der Waals surface area contributed by atoms with Crippen LogP contribution >= 0.6 is 0 Å². The Kier molecular flexibility index (Phi) is 10.5. The van der Waals surface area contributed by atoms with Crippen LogP contribution in [0.3, 0.4) is 0 Å². The summed E-state index contributed by atoms with van der Waals surface area (Å²) in [6, 6.07) is 1.15. The Bertz CT molecular complexity index is 352. The maximum absolute atomic E-state index is 9.93. The molecule has 0 aromatic carbocycles. The van der Waals surface area contributed by atoms with Gasteiger partial charge in [-0.1, -0.05) is 51.4 Å². The molecule has 0 saturated heterocycles. The molecule has 5 atom stereocenters. The lowest BCUT2D eigenvalue weighted by molar-refractivity contribution is -0.127. The van der Waals surface area contributed by atoms with E-state index in [4.69, 9.17) is 5.11 Å². The first kappa shape index (κ1) is 24.2. The summed E-state index contributed by atoms with van der Waals surface area (Å²) in [5.41, 5.74) is 1.37. The van der Waals surface area contributed by atoms with E-state index in [0.29, 0.717) is 6.54 Å². The normalized spacial score (nSPS) is 19.6. The average Bonchev–Trinajstić information content (AvgIpc) is 2.45. The standard InChI is InChI=1S/C16H39NO5Si2/c1-12(10-18)13(19)14(20)15(21)16(22)17-8-7-9-24(5,6)11-23(2,3)4/h12-22H,7-11H2,1-6H3. The van der Waals surface area contributed by atoms with Gasteiger partial charge in [0.15, 0.2) is 0 Å². The van der Waals surface area contributed by atoms with Crippen LogP contribution in [0.15, 0.2) is 0 Å². The van der Waals surface area contributed by atoms with E-state index in [2.05, 4.69) is 38.1 Å². The quantitative estimate of drug-likeness (QED) is 0.167. The Morgan fingerprint density at radius 2 is 1.42 bits per heavy atom. The van der Waals surface area contributed by atoms with E-state index in [0.717, 1.165) is 12.5 Å². The zero-order chi connectivity index (χ0) is 19.1. The summed E-state index contributed by atoms with van der Waals surface area (Å²) < 4.78 is 0. The highest BCUT2D eigenvalue weighted by molar-refractivity contribution is 6.94. The molecular weight excluding hydrogens is 342 g/mol. The van der Waals surface area contributed by atoms with Gasteiger partial charge in [0.05, 0.1) is 6.10 Å². The molecule has 5 unspecified atom stereocenters. The van der Waals surface area contributed by atoms with E-state index in [9.17, 15) is 20.4 Å². The fraction of sp³-hybridized carbons (Fsp3) is 1.00. The lowest BCUT2D eigenvalue weighted by Crippen LogP contribution is -2.52. The number of aliphatic hydroxyl groups is 5. The van der Waals surface area contributed by atoms with Gasteiger partial charge in [-0.25, -0.2) is 0 Å². The lowest BCUT2D eigenvalue weighted by Gasteiger charge is -2.31. The number of aliphatic hydroxyl groups excluding tert-OH is 5. The molecule has 0 aromatic heterocycles. The Labute approximate surface area is 148 Å². The summed E-state index contributed by atoms with van der Waals surface area (Å²) in [7, 11) is -2.30. The first-order valence-corrected chi connectivity index (χ1v) is 16.0. The van der Waals surface area contributed by atoms with Crippen molar-refractivity contribution in [3.63, 3.8) is 0 Å². The maximum Gasteiger partial charge on any atom is 0.133 e. The molecule has 0 aromatic rings. The minimum absolute atomic E-state index is 0.300. The van der Waals surface area contributed by atoms with Crippen molar-refractivity contribution in [2.75, 3.05) is 13.2 Å². The summed E-state index contributed by atoms with van der Waals surface area (Å²) in [6.45, 7) is 13.8. The van der Waals surface area contributed by atoms with Crippen molar-refractivity contribution < 1.29 is 25.5 Å². The van der Waals surface area contributed by atoms with Crippen LogP contribution in [0.5, 0.6) is 0 Å². The summed E-state index contributed by atoms with van der Waals surface area (Å²) in [5, 5.41) is 51.3. The van der Waals surface area contributed by atoms with Gasteiger partial charge in [0.2, 0.25) is 0 Å². The van der Waals surface area contributed by atoms with E-state index >= 15 is 0 Å². The van der Waals surface area contributed by atoms with Crippen LogP contribution in [0, 0.1) is 5.92 Å². The second-order valence-corrected chi connectivity index (χ2v) is 20.4. The van der Waals surface area contributed by atoms with Crippen LogP contribution in [0.1, 0.15) is 13.3 Å². The molecule has 0 aliphatic carbocycles. The van der Waals surface area contributed by atoms with Crippen molar-refractivity contribution in [1.29, 1.82) is 0 Å². The van der Waals surface area contributed by atoms with Gasteiger partial charge < -0.3 is 25.5 Å². The number of hydrogen-bond acceptors (Lipinski definition) is 6. The third kappa shape index (κ3) is 9.62. The molecule has 0 radical (unpaired) electrons. The lowest BCUT2D eigenvalue weighted by atomic mass is 9.96. The van der Waals surface area contributed by atoms with Crippen molar-refractivity contribution in [2.45, 2.75) is 82.3 Å². The SMILES string of the molecule is CC(CO)C(O)C(O)C(O)C(O)NCCC[Si](C)(C)C[Si](C)(C)C. The summed E-state index contributed by atoms with van der Waals surface area (Å²) >= 11 is 0. The van der Waals surface area contributed by atoms with Crippen LogP contribution in [-0.2, 0) is 0 Å². The second kappa shape index (κ2) is 10.4. The van der Waals surface area contributed by atoms with Crippen LogP contribution in [0.2, 0.25) is 44.4 Å². The average molecular weight is 382 g/mol. The van der Waals surface area contributed by atoms with E-state index in [1.54, 1.807) is 6.92 Å². The molecule has 0 heterocycles. The molecule has 0 rings (SSSR count). The molecule has 8 heteroatoms. The molecule has 6 nitrogen and oxygen atoms in total. The fourth-order valence-corrected chi connectivity index (χ4v) is 16.6. The predicted molar refractivity (Wildman–Crippen MR) is 103 cm³/mol. The Morgan fingerprint density at radius 1 is 0.875 bits per heavy atom. The molecule has 0 saturated carbocycles. The Balaban J connectivity index is 4.23. The van der Waals surface area contributed by atoms with Gasteiger partial charge >= 0.3 is 0 Å². The largest absolute Gasteiger partial charge is 0.396 e. The van der Waals surface area contributed by atoms with Gasteiger partial charge in [-0.15, -0.1) is 0 Å². The van der Waals surface area contributed by atoms with Crippen LogP contribution in [0.4, 0.5) is 0 Å². The fourth-order valence-electron chi connectivity index (χ4n) is 3.30. The van der Waals surface area contributed by atoms with Crippen LogP contribution in [0.25, 0.3) is 0 Å². The number of hydrogen-bond donors (Lipinski definition) is 6. The molecule has 146 valence electrons. The predicted octanol–water partition coefficient (Wildman–Crippen LogP) is 0.581. The van der Waals surface area contributed by atoms with Crippen molar-refractivity contribution in [3.8, 4) is 0 Å². The highest BCUT2D eigenvalue weighted by Gasteiger charge is 2.33. The van der Waals surface area contributed by atoms with Crippen molar-refractivity contribution in [2.24, 2.45) is 5.92 Å². The highest BCUT2D eigenvalue weighted by atomic mass is 28.4. The molecule has 0 aliphatic heterocycles. The smallest absolute Gasteiger partial charge is 0.133 e. The van der Waals surface area contributed by atoms with E-state index in [1.165, 1.54) is 5.67 Å². The minimum atomic E-state index is -1.51. The monoisotopic (exact) mass is 381 g/mol. The van der Waals surface area contributed by atoms with Crippen molar-refractivity contribution in [3.05, 3.63) is 0 Å². The van der Waals surface area contributed by atoms with E-state index in [1.807, 2.05) is 0 Å². The zero-order valence-electron chi connectivity index (χ0n) is 16.2. The molecular formula is C16H39NO5Si2. The summed E-state index contributed by atoms with van der Waals surface area (Å²) in [6.07, 6.45) is -4.68. The van der Waals surface area contributed by atoms with Crippen LogP contribution < -0.4 is 5.32 Å². The van der Waals surface area contributed by atoms with Crippen molar-refractivity contribution in [1.82, 2.24) is 5.32 Å². The van der Waals surface area contributed by atoms with E-state index < -0.39 is 46.6 Å². The van der Waals surface area contributed by atoms with Gasteiger partial charge in [0.1, 0.15) is 18.4 Å². The highest BCUT2D eigenvalue weighted by Crippen LogP contribution is 2.24. The number of nitrogens with one attached hydrogen (secondary N) is 1. The summed E-state index contributed by atoms with van der Waals surface area (Å²) in [4.78, 5) is 0. The van der Waals surface area contributed by atoms with Crippen molar-refractivity contribution >= 4 is 16.1 Å². The number of rotatable bonds is 12. The second-order valence-electron chi connectivity index (χ2n) is 9.04. The van der Waals surface area contributed by atoms with E-state index in [-0.39, 0.29) is 6.61 Å². The molecule has 0 bridgehead atoms. The third-order valence-electron chi connectivity index (χ3n) is 4.29. The summed E-state index contributed by atoms with van der Waals surface area (Å²) in [5.74, 6) is -0.574. The molecule has 0 amide bonds. The van der Waals surface area contributed by atoms with Crippen LogP contribution in [-0.4, -0.2) is 79.4 Å². The molecule has 6 N–H and O–H groups in total. The molecule has 0 aliphatic rings. The maximum atomic E-state index is 9.93. The van der Waals surface area contributed by atoms with Gasteiger partial charge in [-0.3, -0.25) is 5.32 Å². The van der Waals surface area contributed by atoms with Gasteiger partial charge in [0, 0.05) is 28.7 Å². The topological polar surface area (TPSA) is 113 Å². The first-order valence-electron chi connectivity index (χ1n) is 8.87. The molecule has 0 spiro atoms. The van der Waals surface area contributed by atoms with Gasteiger partial charge in [-0.05, 0) is 13.0 Å². The van der Waals surface area contributed by atoms with Gasteiger partial charge in [-0.2, -0.15) is 0 Å². The third-order valence-corrected chi connectivity index (χ3v) is 14.1. The van der Waals surface area contributed by atoms with Gasteiger partial charge in [0.25, 0.3) is 0 Å². The zero-order valence-corrected chi connectivity index (χ0v) is 18.2. The Hall–Kier alpha value is 0.194. The molecule has 0 fully saturated rings. The molecule has 24 heavy (non-hydrogen) atoms. The first-order chi connectivity index (χ1) is 10.8.